The fourth-order valence-corrected chi connectivity index (χ4v) is 3.59. The van der Waals surface area contributed by atoms with Crippen molar-refractivity contribution in [2.45, 2.75) is 24.4 Å². The van der Waals surface area contributed by atoms with Gasteiger partial charge in [0, 0.05) is 29.8 Å². The number of aromatic nitrogens is 2. The number of hydrogen-bond donors (Lipinski definition) is 0. The Morgan fingerprint density at radius 3 is 2.35 bits per heavy atom. The Bertz CT molecular complexity index is 835. The van der Waals surface area contributed by atoms with Crippen LogP contribution in [0.25, 0.3) is 0 Å². The van der Waals surface area contributed by atoms with Crippen LogP contribution in [0.4, 0.5) is 8.78 Å². The zero-order chi connectivity index (χ0) is 18.5. The summed E-state index contributed by atoms with van der Waals surface area (Å²) >= 11 is 1.61. The molecule has 1 unspecified atom stereocenters. The third-order valence-electron chi connectivity index (χ3n) is 3.96. The topological polar surface area (TPSA) is 27.1 Å². The molecule has 3 aromatic rings. The van der Waals surface area contributed by atoms with Gasteiger partial charge in [-0.25, -0.2) is 8.78 Å². The molecule has 0 aliphatic carbocycles. The molecule has 0 spiro atoms. The first-order valence-corrected chi connectivity index (χ1v) is 9.33. The number of thioether (sulfide) groups is 1. The molecule has 0 aliphatic rings. The van der Waals surface area contributed by atoms with Gasteiger partial charge in [-0.2, -0.15) is 5.10 Å². The third kappa shape index (κ3) is 4.64. The maximum absolute atomic E-state index is 13.0. The van der Waals surface area contributed by atoms with E-state index in [-0.39, 0.29) is 10.9 Å². The molecule has 0 fully saturated rings. The van der Waals surface area contributed by atoms with Gasteiger partial charge in [-0.3, -0.25) is 4.68 Å². The number of alkyl halides is 2. The van der Waals surface area contributed by atoms with Crippen LogP contribution in [-0.2, 0) is 12.8 Å². The fraction of sp³-hybridized carbons (Fsp3) is 0.250. The second kappa shape index (κ2) is 8.36. The van der Waals surface area contributed by atoms with Gasteiger partial charge in [0.1, 0.15) is 17.2 Å². The second-order valence-electron chi connectivity index (χ2n) is 5.95. The predicted molar refractivity (Wildman–Crippen MR) is 101 cm³/mol. The van der Waals surface area contributed by atoms with Crippen molar-refractivity contribution in [3.8, 4) is 11.5 Å². The number of aryl methyl sites for hydroxylation is 1. The average molecular weight is 374 g/mol. The molecular weight excluding hydrogens is 354 g/mol. The maximum Gasteiger partial charge on any atom is 0.282 e. The molecule has 0 bridgehead atoms. The van der Waals surface area contributed by atoms with E-state index in [1.807, 2.05) is 54.6 Å². The zero-order valence-electron chi connectivity index (χ0n) is 14.6. The first kappa shape index (κ1) is 18.5. The van der Waals surface area contributed by atoms with Crippen molar-refractivity contribution in [3.05, 3.63) is 77.6 Å². The Kier molecular flexibility index (Phi) is 5.93. The molecule has 6 heteroatoms. The minimum absolute atomic E-state index is 0.126. The highest BCUT2D eigenvalue weighted by Crippen LogP contribution is 2.34. The molecule has 3 nitrogen and oxygen atoms in total. The smallest absolute Gasteiger partial charge is 0.282 e. The lowest BCUT2D eigenvalue weighted by atomic mass is 10.1. The Labute approximate surface area is 156 Å². The van der Waals surface area contributed by atoms with Gasteiger partial charge in [0.25, 0.3) is 6.43 Å². The summed E-state index contributed by atoms with van der Waals surface area (Å²) in [6.45, 7) is 2.07. The molecule has 0 saturated carbocycles. The molecule has 136 valence electrons. The Balaban J connectivity index is 1.61. The van der Waals surface area contributed by atoms with Crippen LogP contribution in [0.5, 0.6) is 11.5 Å². The van der Waals surface area contributed by atoms with E-state index in [2.05, 4.69) is 12.0 Å². The number of halogens is 2. The van der Waals surface area contributed by atoms with Crippen LogP contribution in [0, 0.1) is 0 Å². The largest absolute Gasteiger partial charge is 0.457 e. The molecular formula is C20H20F2N2OS. The molecule has 0 radical (unpaired) electrons. The van der Waals surface area contributed by atoms with Crippen molar-refractivity contribution < 1.29 is 13.5 Å². The van der Waals surface area contributed by atoms with E-state index in [1.165, 1.54) is 4.68 Å². The summed E-state index contributed by atoms with van der Waals surface area (Å²) < 4.78 is 33.3. The summed E-state index contributed by atoms with van der Waals surface area (Å²) in [6.07, 6.45) is -0.880. The minimum atomic E-state index is -2.54. The van der Waals surface area contributed by atoms with Crippen molar-refractivity contribution >= 4 is 11.8 Å². The summed E-state index contributed by atoms with van der Waals surface area (Å²) in [4.78, 5) is 0. The second-order valence-corrected chi connectivity index (χ2v) is 7.28. The van der Waals surface area contributed by atoms with E-state index in [9.17, 15) is 8.78 Å². The molecule has 1 aromatic heterocycles. The van der Waals surface area contributed by atoms with Crippen LogP contribution >= 0.6 is 11.8 Å². The molecule has 2 aromatic carbocycles. The summed E-state index contributed by atoms with van der Waals surface area (Å²) in [7, 11) is 1.66. The highest BCUT2D eigenvalue weighted by molar-refractivity contribution is 7.98. The van der Waals surface area contributed by atoms with Gasteiger partial charge >= 0.3 is 0 Å². The molecule has 0 saturated heterocycles. The molecule has 0 aliphatic heterocycles. The highest BCUT2D eigenvalue weighted by Gasteiger charge is 2.18. The SMILES string of the molecule is CC(SCc1cn(C)nc1C(F)F)c1ccc(Oc2ccccc2)cc1. The number of benzene rings is 2. The fourth-order valence-electron chi connectivity index (χ4n) is 2.59. The molecule has 1 heterocycles. The van der Waals surface area contributed by atoms with Crippen LogP contribution in [0.2, 0.25) is 0 Å². The van der Waals surface area contributed by atoms with Crippen molar-refractivity contribution in [3.63, 3.8) is 0 Å². The van der Waals surface area contributed by atoms with Gasteiger partial charge in [0.05, 0.1) is 0 Å². The Hall–Kier alpha value is -2.34. The number of ether oxygens (including phenoxy) is 1. The third-order valence-corrected chi connectivity index (χ3v) is 5.21. The molecule has 1 atom stereocenters. The van der Waals surface area contributed by atoms with Crippen LogP contribution in [-0.4, -0.2) is 9.78 Å². The lowest BCUT2D eigenvalue weighted by Gasteiger charge is -2.13. The molecule has 3 rings (SSSR count). The van der Waals surface area contributed by atoms with Crippen molar-refractivity contribution in [2.24, 2.45) is 7.05 Å². The van der Waals surface area contributed by atoms with E-state index >= 15 is 0 Å². The van der Waals surface area contributed by atoms with Crippen LogP contribution in [0.1, 0.15) is 35.4 Å². The van der Waals surface area contributed by atoms with Crippen molar-refractivity contribution in [2.75, 3.05) is 0 Å². The standard InChI is InChI=1S/C20H20F2N2OS/c1-14(26-13-16-12-24(2)23-19(16)20(21)22)15-8-10-18(11-9-15)25-17-6-4-3-5-7-17/h3-12,14,20H,13H2,1-2H3. The zero-order valence-corrected chi connectivity index (χ0v) is 15.4. The van der Waals surface area contributed by atoms with E-state index in [0.29, 0.717) is 11.3 Å². The molecule has 0 amide bonds. The number of para-hydroxylation sites is 1. The molecule has 0 N–H and O–H groups in total. The minimum Gasteiger partial charge on any atom is -0.457 e. The van der Waals surface area contributed by atoms with Crippen LogP contribution < -0.4 is 4.74 Å². The first-order valence-electron chi connectivity index (χ1n) is 8.28. The van der Waals surface area contributed by atoms with Gasteiger partial charge in [0.2, 0.25) is 0 Å². The monoisotopic (exact) mass is 374 g/mol. The van der Waals surface area contributed by atoms with Crippen LogP contribution in [0.15, 0.2) is 60.8 Å². The van der Waals surface area contributed by atoms with E-state index in [1.54, 1.807) is 25.0 Å². The van der Waals surface area contributed by atoms with E-state index in [0.717, 1.165) is 17.1 Å². The van der Waals surface area contributed by atoms with Crippen molar-refractivity contribution in [1.29, 1.82) is 0 Å². The van der Waals surface area contributed by atoms with Gasteiger partial charge in [0.15, 0.2) is 0 Å². The summed E-state index contributed by atoms with van der Waals surface area (Å²) in [5.74, 6) is 2.06. The van der Waals surface area contributed by atoms with Crippen molar-refractivity contribution in [1.82, 2.24) is 9.78 Å². The molecule has 26 heavy (non-hydrogen) atoms. The first-order chi connectivity index (χ1) is 12.5. The summed E-state index contributed by atoms with van der Waals surface area (Å²) in [5, 5.41) is 4.02. The highest BCUT2D eigenvalue weighted by atomic mass is 32.2. The lowest BCUT2D eigenvalue weighted by Crippen LogP contribution is -1.94. The van der Waals surface area contributed by atoms with Crippen LogP contribution in [0.3, 0.4) is 0 Å². The lowest BCUT2D eigenvalue weighted by molar-refractivity contribution is 0.144. The van der Waals surface area contributed by atoms with Gasteiger partial charge in [-0.1, -0.05) is 30.3 Å². The summed E-state index contributed by atoms with van der Waals surface area (Å²) in [5.41, 5.74) is 1.58. The number of hydrogen-bond acceptors (Lipinski definition) is 3. The normalized spacial score (nSPS) is 12.3. The predicted octanol–water partition coefficient (Wildman–Crippen LogP) is 6.14. The van der Waals surface area contributed by atoms with Gasteiger partial charge in [-0.15, -0.1) is 11.8 Å². The van der Waals surface area contributed by atoms with E-state index < -0.39 is 6.43 Å². The van der Waals surface area contributed by atoms with E-state index in [4.69, 9.17) is 4.74 Å². The number of nitrogens with zero attached hydrogens (tertiary/aromatic N) is 2. The summed E-state index contributed by atoms with van der Waals surface area (Å²) in [6, 6.07) is 17.5. The number of rotatable bonds is 7. The maximum atomic E-state index is 13.0. The average Bonchev–Trinajstić information content (AvgIpc) is 3.02. The van der Waals surface area contributed by atoms with Gasteiger partial charge < -0.3 is 4.74 Å². The Morgan fingerprint density at radius 2 is 1.69 bits per heavy atom. The van der Waals surface area contributed by atoms with Gasteiger partial charge in [-0.05, 0) is 36.8 Å². The quantitative estimate of drug-likeness (QED) is 0.497. The Morgan fingerprint density at radius 1 is 1.04 bits per heavy atom.